The molecule has 0 saturated heterocycles. The van der Waals surface area contributed by atoms with E-state index in [0.29, 0.717) is 17.0 Å². The second-order valence-corrected chi connectivity index (χ2v) is 9.17. The highest BCUT2D eigenvalue weighted by atomic mass is 79.9. The van der Waals surface area contributed by atoms with Crippen molar-refractivity contribution >= 4 is 62.7 Å². The molecule has 1 atom stereocenters. The van der Waals surface area contributed by atoms with Crippen LogP contribution in [0.25, 0.3) is 0 Å². The number of anilines is 2. The van der Waals surface area contributed by atoms with Crippen molar-refractivity contribution in [2.24, 2.45) is 4.99 Å². The third-order valence-electron chi connectivity index (χ3n) is 5.47. The maximum Gasteiger partial charge on any atom is 0.416 e. The van der Waals surface area contributed by atoms with Gasteiger partial charge in [-0.25, -0.2) is 9.79 Å². The molecule has 3 amide bonds. The first kappa shape index (κ1) is 25.2. The van der Waals surface area contributed by atoms with Gasteiger partial charge in [-0.3, -0.25) is 20.0 Å². The maximum absolute atomic E-state index is 12.9. The first-order valence-electron chi connectivity index (χ1n) is 11.2. The van der Waals surface area contributed by atoms with Crippen LogP contribution in [0.3, 0.4) is 0 Å². The average Bonchev–Trinajstić information content (AvgIpc) is 3.18. The molecule has 1 aliphatic heterocycles. The van der Waals surface area contributed by atoms with Crippen LogP contribution in [0.5, 0.6) is 5.88 Å². The molecule has 0 bridgehead atoms. The third-order valence-corrected chi connectivity index (χ3v) is 6.54. The van der Waals surface area contributed by atoms with E-state index in [1.165, 1.54) is 0 Å². The van der Waals surface area contributed by atoms with Crippen molar-refractivity contribution in [2.75, 3.05) is 10.6 Å². The third kappa shape index (κ3) is 5.29. The van der Waals surface area contributed by atoms with Crippen LogP contribution in [0.2, 0.25) is 5.02 Å². The molecule has 0 radical (unpaired) electrons. The van der Waals surface area contributed by atoms with Crippen molar-refractivity contribution < 1.29 is 19.1 Å². The first-order chi connectivity index (χ1) is 18.4. The number of aromatic amines is 1. The lowest BCUT2D eigenvalue weighted by molar-refractivity contribution is -0.117. The molecular formula is C26H18BrClN6O4. The van der Waals surface area contributed by atoms with Gasteiger partial charge in [0.25, 0.3) is 17.7 Å². The standard InChI is InChI=1S/C26H18BrClN6O4/c27-19-21(31-23(35)15-10-4-6-12-17(15)28)33-34-25(19)38-26(37)32-22-24(36)29-18-13-7-5-11-16(18)20(30-22)14-8-2-1-3-9-14/h1-13,22H,(H,29,36)(H,32,37)(H2,31,33,34,35). The number of rotatable bonds is 5. The molecule has 38 heavy (non-hydrogen) atoms. The van der Waals surface area contributed by atoms with Crippen LogP contribution in [0.1, 0.15) is 21.5 Å². The van der Waals surface area contributed by atoms with Crippen LogP contribution in [0, 0.1) is 0 Å². The number of benzene rings is 3. The smallest absolute Gasteiger partial charge is 0.388 e. The number of para-hydroxylation sites is 1. The predicted molar refractivity (Wildman–Crippen MR) is 146 cm³/mol. The second-order valence-electron chi connectivity index (χ2n) is 7.97. The lowest BCUT2D eigenvalue weighted by atomic mass is 10.0. The van der Waals surface area contributed by atoms with Crippen LogP contribution < -0.4 is 20.7 Å². The summed E-state index contributed by atoms with van der Waals surface area (Å²) in [7, 11) is 0. The topological polar surface area (TPSA) is 138 Å². The highest BCUT2D eigenvalue weighted by Crippen LogP contribution is 2.31. The molecule has 2 heterocycles. The zero-order valence-electron chi connectivity index (χ0n) is 19.4. The highest BCUT2D eigenvalue weighted by Gasteiger charge is 2.28. The van der Waals surface area contributed by atoms with E-state index in [1.807, 2.05) is 42.5 Å². The molecule has 3 aromatic carbocycles. The second kappa shape index (κ2) is 10.9. The molecule has 0 saturated carbocycles. The Morgan fingerprint density at radius 3 is 2.47 bits per heavy atom. The quantitative estimate of drug-likeness (QED) is 0.259. The summed E-state index contributed by atoms with van der Waals surface area (Å²) < 4.78 is 5.46. The SMILES string of the molecule is O=C(NC1N=C(c2ccccc2)c2ccccc2NC1=O)Oc1n[nH]c(NC(=O)c2ccccc2Cl)c1Br. The molecule has 190 valence electrons. The van der Waals surface area contributed by atoms with Gasteiger partial charge in [0.15, 0.2) is 0 Å². The van der Waals surface area contributed by atoms with E-state index in [2.05, 4.69) is 47.1 Å². The number of carbonyl (C=O) groups excluding carboxylic acids is 3. The molecule has 0 fully saturated rings. The van der Waals surface area contributed by atoms with Crippen molar-refractivity contribution in [3.63, 3.8) is 0 Å². The van der Waals surface area contributed by atoms with Crippen molar-refractivity contribution in [1.29, 1.82) is 0 Å². The Labute approximate surface area is 229 Å². The van der Waals surface area contributed by atoms with E-state index < -0.39 is 24.1 Å². The molecule has 5 rings (SSSR count). The van der Waals surface area contributed by atoms with Gasteiger partial charge >= 0.3 is 6.09 Å². The first-order valence-corrected chi connectivity index (χ1v) is 12.4. The van der Waals surface area contributed by atoms with E-state index in [4.69, 9.17) is 16.3 Å². The van der Waals surface area contributed by atoms with Gasteiger partial charge in [-0.05, 0) is 34.1 Å². The summed E-state index contributed by atoms with van der Waals surface area (Å²) in [4.78, 5) is 42.8. The van der Waals surface area contributed by atoms with Crippen molar-refractivity contribution in [3.8, 4) is 5.88 Å². The number of nitrogens with one attached hydrogen (secondary N) is 4. The molecular weight excluding hydrogens is 576 g/mol. The number of halogens is 2. The van der Waals surface area contributed by atoms with E-state index in [1.54, 1.807) is 36.4 Å². The lowest BCUT2D eigenvalue weighted by Gasteiger charge is -2.12. The zero-order valence-corrected chi connectivity index (χ0v) is 21.7. The monoisotopic (exact) mass is 592 g/mol. The number of aliphatic imine (C=N–C) groups is 1. The summed E-state index contributed by atoms with van der Waals surface area (Å²) in [6, 6.07) is 23.1. The molecule has 4 N–H and O–H groups in total. The fourth-order valence-corrected chi connectivity index (χ4v) is 4.28. The number of carbonyl (C=O) groups is 3. The molecule has 4 aromatic rings. The van der Waals surface area contributed by atoms with Gasteiger partial charge in [0, 0.05) is 11.1 Å². The Morgan fingerprint density at radius 2 is 1.68 bits per heavy atom. The summed E-state index contributed by atoms with van der Waals surface area (Å²) in [5.74, 6) is -1.06. The highest BCUT2D eigenvalue weighted by molar-refractivity contribution is 9.10. The summed E-state index contributed by atoms with van der Waals surface area (Å²) in [6.07, 6.45) is -2.27. The van der Waals surface area contributed by atoms with E-state index >= 15 is 0 Å². The van der Waals surface area contributed by atoms with Crippen molar-refractivity contribution in [3.05, 3.63) is 105 Å². The van der Waals surface area contributed by atoms with Crippen LogP contribution >= 0.6 is 27.5 Å². The Kier molecular flexibility index (Phi) is 7.20. The number of hydrogen-bond donors (Lipinski definition) is 4. The molecule has 1 unspecified atom stereocenters. The number of nitrogens with zero attached hydrogens (tertiary/aromatic N) is 2. The summed E-state index contributed by atoms with van der Waals surface area (Å²) in [5.41, 5.74) is 2.81. The van der Waals surface area contributed by atoms with Gasteiger partial charge in [-0.2, -0.15) is 0 Å². The van der Waals surface area contributed by atoms with Crippen LogP contribution in [0.4, 0.5) is 16.3 Å². The van der Waals surface area contributed by atoms with Gasteiger partial charge in [-0.1, -0.05) is 72.3 Å². The van der Waals surface area contributed by atoms with Gasteiger partial charge in [-0.15, -0.1) is 5.10 Å². The minimum Gasteiger partial charge on any atom is -0.388 e. The van der Waals surface area contributed by atoms with E-state index in [0.717, 1.165) is 5.56 Å². The fourth-order valence-electron chi connectivity index (χ4n) is 3.70. The van der Waals surface area contributed by atoms with Crippen LogP contribution in [0.15, 0.2) is 88.3 Å². The fraction of sp³-hybridized carbons (Fsp3) is 0.0385. The summed E-state index contributed by atoms with van der Waals surface area (Å²) >= 11 is 9.33. The summed E-state index contributed by atoms with van der Waals surface area (Å²) in [5, 5.41) is 14.6. The van der Waals surface area contributed by atoms with Crippen LogP contribution in [-0.4, -0.2) is 40.0 Å². The average molecular weight is 594 g/mol. The number of aromatic nitrogens is 2. The minimum atomic E-state index is -1.29. The van der Waals surface area contributed by atoms with Gasteiger partial charge < -0.3 is 15.4 Å². The lowest BCUT2D eigenvalue weighted by Crippen LogP contribution is -2.43. The molecule has 12 heteroatoms. The number of ether oxygens (including phenoxy) is 1. The van der Waals surface area contributed by atoms with Crippen molar-refractivity contribution in [2.45, 2.75) is 6.17 Å². The number of hydrogen-bond acceptors (Lipinski definition) is 6. The minimum absolute atomic E-state index is 0.143. The molecule has 10 nitrogen and oxygen atoms in total. The van der Waals surface area contributed by atoms with Crippen molar-refractivity contribution in [1.82, 2.24) is 15.5 Å². The van der Waals surface area contributed by atoms with E-state index in [9.17, 15) is 14.4 Å². The van der Waals surface area contributed by atoms with Crippen LogP contribution in [-0.2, 0) is 4.79 Å². The molecule has 0 spiro atoms. The maximum atomic E-state index is 12.9. The summed E-state index contributed by atoms with van der Waals surface area (Å²) in [6.45, 7) is 0. The molecule has 1 aromatic heterocycles. The largest absolute Gasteiger partial charge is 0.416 e. The van der Waals surface area contributed by atoms with E-state index in [-0.39, 0.29) is 26.8 Å². The Hall–Kier alpha value is -4.48. The predicted octanol–water partition coefficient (Wildman–Crippen LogP) is 4.98. The van der Waals surface area contributed by atoms with Gasteiger partial charge in [0.05, 0.1) is 22.0 Å². The normalized spacial score (nSPS) is 14.4. The Balaban J connectivity index is 1.33. The zero-order chi connectivity index (χ0) is 26.6. The van der Waals surface area contributed by atoms with Gasteiger partial charge in [0.1, 0.15) is 10.3 Å². The number of fused-ring (bicyclic) bond motifs is 1. The Bertz CT molecular complexity index is 1570. The number of benzodiazepines with no additional fused rings is 1. The number of H-pyrrole nitrogens is 1. The Morgan fingerprint density at radius 1 is 0.974 bits per heavy atom. The molecule has 0 aliphatic carbocycles. The number of amides is 3. The van der Waals surface area contributed by atoms with Gasteiger partial charge in [0.2, 0.25) is 6.17 Å². The molecule has 1 aliphatic rings.